The van der Waals surface area contributed by atoms with E-state index in [-0.39, 0.29) is 43.0 Å². The molecular formula is C19H38N2O5. The third-order valence-corrected chi connectivity index (χ3v) is 5.28. The summed E-state index contributed by atoms with van der Waals surface area (Å²) in [6.07, 6.45) is 0.299. The zero-order valence-corrected chi connectivity index (χ0v) is 17.6. The minimum Gasteiger partial charge on any atom is -0.481 e. The predicted molar refractivity (Wildman–Crippen MR) is 102 cm³/mol. The summed E-state index contributed by atoms with van der Waals surface area (Å²) in [5.74, 6) is -1.24. The van der Waals surface area contributed by atoms with Crippen molar-refractivity contribution in [2.45, 2.75) is 98.0 Å². The van der Waals surface area contributed by atoms with Crippen molar-refractivity contribution in [1.82, 2.24) is 5.32 Å². The lowest BCUT2D eigenvalue weighted by atomic mass is 9.73. The highest BCUT2D eigenvalue weighted by Crippen LogP contribution is 2.40. The average Bonchev–Trinajstić information content (AvgIpc) is 2.43. The Balaban J connectivity index is 4.76. The standard InChI is InChI=1S/C19H38N2O5/c1-13(21-15(22)9-10-16(23)24)11-17(3,4)26-14(2)18(5,6)19(7,8)25-12-20/h13-14H,9-12,20H2,1-8H3,(H,21,22)(H,23,24). The summed E-state index contributed by atoms with van der Waals surface area (Å²) in [6.45, 7) is 16.2. The van der Waals surface area contributed by atoms with E-state index in [4.69, 9.17) is 20.3 Å². The average molecular weight is 375 g/mol. The summed E-state index contributed by atoms with van der Waals surface area (Å²) < 4.78 is 12.0. The molecule has 0 saturated heterocycles. The number of hydrogen-bond donors (Lipinski definition) is 3. The number of nitrogens with two attached hydrogens (primary N) is 1. The van der Waals surface area contributed by atoms with E-state index in [1.807, 2.05) is 41.5 Å². The molecule has 0 fully saturated rings. The third-order valence-electron chi connectivity index (χ3n) is 5.28. The first kappa shape index (κ1) is 24.8. The van der Waals surface area contributed by atoms with Gasteiger partial charge in [-0.15, -0.1) is 0 Å². The molecule has 0 aromatic heterocycles. The van der Waals surface area contributed by atoms with Crippen LogP contribution in [0.3, 0.4) is 0 Å². The largest absolute Gasteiger partial charge is 0.481 e. The highest BCUT2D eigenvalue weighted by molar-refractivity contribution is 5.80. The Morgan fingerprint density at radius 2 is 1.62 bits per heavy atom. The topological polar surface area (TPSA) is 111 Å². The molecule has 0 spiro atoms. The molecule has 1 amide bonds. The Morgan fingerprint density at radius 3 is 2.08 bits per heavy atom. The molecule has 0 aliphatic heterocycles. The number of carboxylic acid groups (broad SMARTS) is 1. The van der Waals surface area contributed by atoms with Crippen molar-refractivity contribution >= 4 is 11.9 Å². The van der Waals surface area contributed by atoms with Gasteiger partial charge in [0.25, 0.3) is 0 Å². The highest BCUT2D eigenvalue weighted by atomic mass is 16.5. The number of hydrogen-bond acceptors (Lipinski definition) is 5. The van der Waals surface area contributed by atoms with Crippen LogP contribution in [0.5, 0.6) is 0 Å². The van der Waals surface area contributed by atoms with Gasteiger partial charge in [0.15, 0.2) is 0 Å². The maximum Gasteiger partial charge on any atom is 0.303 e. The van der Waals surface area contributed by atoms with Gasteiger partial charge in [-0.05, 0) is 48.0 Å². The first-order valence-corrected chi connectivity index (χ1v) is 9.17. The molecule has 2 atom stereocenters. The lowest BCUT2D eigenvalue weighted by Gasteiger charge is -2.47. The molecule has 0 aromatic rings. The van der Waals surface area contributed by atoms with Gasteiger partial charge in [0.05, 0.1) is 30.5 Å². The van der Waals surface area contributed by atoms with Crippen molar-refractivity contribution in [1.29, 1.82) is 0 Å². The molecule has 4 N–H and O–H groups in total. The Morgan fingerprint density at radius 1 is 1.08 bits per heavy atom. The molecular weight excluding hydrogens is 336 g/mol. The predicted octanol–water partition coefficient (Wildman–Crippen LogP) is 2.67. The van der Waals surface area contributed by atoms with Crippen LogP contribution in [0, 0.1) is 5.41 Å². The maximum atomic E-state index is 11.8. The van der Waals surface area contributed by atoms with E-state index in [9.17, 15) is 9.59 Å². The number of carbonyl (C=O) groups excluding carboxylic acids is 1. The lowest BCUT2D eigenvalue weighted by molar-refractivity contribution is -0.186. The van der Waals surface area contributed by atoms with Gasteiger partial charge in [-0.1, -0.05) is 13.8 Å². The molecule has 0 radical (unpaired) electrons. The van der Waals surface area contributed by atoms with Crippen molar-refractivity contribution < 1.29 is 24.2 Å². The summed E-state index contributed by atoms with van der Waals surface area (Å²) in [5, 5.41) is 11.5. The number of carboxylic acids is 1. The number of aliphatic carboxylic acids is 1. The van der Waals surface area contributed by atoms with Crippen molar-refractivity contribution in [2.24, 2.45) is 11.1 Å². The Kier molecular flexibility index (Phi) is 9.23. The van der Waals surface area contributed by atoms with E-state index < -0.39 is 17.2 Å². The number of ether oxygens (including phenoxy) is 2. The first-order chi connectivity index (χ1) is 11.6. The van der Waals surface area contributed by atoms with Gasteiger partial charge in [-0.2, -0.15) is 0 Å². The molecule has 154 valence electrons. The van der Waals surface area contributed by atoms with Crippen LogP contribution < -0.4 is 11.1 Å². The van der Waals surface area contributed by atoms with Crippen molar-refractivity contribution in [2.75, 3.05) is 6.73 Å². The summed E-state index contributed by atoms with van der Waals surface area (Å²) in [6, 6.07) is -0.130. The van der Waals surface area contributed by atoms with Crippen LogP contribution in [-0.4, -0.2) is 47.1 Å². The molecule has 7 heteroatoms. The van der Waals surface area contributed by atoms with E-state index in [2.05, 4.69) is 19.2 Å². The SMILES string of the molecule is CC(CC(C)(C)OC(C)C(C)(C)C(C)(C)OCN)NC(=O)CCC(=O)O. The van der Waals surface area contributed by atoms with Crippen molar-refractivity contribution in [3.63, 3.8) is 0 Å². The summed E-state index contributed by atoms with van der Waals surface area (Å²) >= 11 is 0. The van der Waals surface area contributed by atoms with E-state index in [0.29, 0.717) is 6.42 Å². The van der Waals surface area contributed by atoms with Crippen LogP contribution in [-0.2, 0) is 19.1 Å². The van der Waals surface area contributed by atoms with Crippen LogP contribution >= 0.6 is 0 Å². The number of carbonyl (C=O) groups is 2. The highest BCUT2D eigenvalue weighted by Gasteiger charge is 2.44. The fourth-order valence-electron chi connectivity index (χ4n) is 2.91. The summed E-state index contributed by atoms with van der Waals surface area (Å²) in [4.78, 5) is 22.3. The van der Waals surface area contributed by atoms with E-state index in [1.54, 1.807) is 0 Å². The van der Waals surface area contributed by atoms with Gasteiger partial charge in [0.1, 0.15) is 0 Å². The smallest absolute Gasteiger partial charge is 0.303 e. The van der Waals surface area contributed by atoms with Crippen LogP contribution in [0.25, 0.3) is 0 Å². The van der Waals surface area contributed by atoms with E-state index >= 15 is 0 Å². The zero-order valence-electron chi connectivity index (χ0n) is 17.6. The summed E-state index contributed by atoms with van der Waals surface area (Å²) in [5.41, 5.74) is 4.32. The number of nitrogens with one attached hydrogen (secondary N) is 1. The second-order valence-electron chi connectivity index (χ2n) is 8.63. The van der Waals surface area contributed by atoms with Gasteiger partial charge in [-0.3, -0.25) is 9.59 Å². The van der Waals surface area contributed by atoms with E-state index in [1.165, 1.54) is 0 Å². The Hall–Kier alpha value is -1.18. The van der Waals surface area contributed by atoms with Gasteiger partial charge < -0.3 is 25.6 Å². The minimum absolute atomic E-state index is 0.0188. The van der Waals surface area contributed by atoms with Gasteiger partial charge in [0, 0.05) is 17.9 Å². The molecule has 0 aliphatic rings. The molecule has 2 unspecified atom stereocenters. The molecule has 0 rings (SSSR count). The van der Waals surface area contributed by atoms with Crippen molar-refractivity contribution in [3.8, 4) is 0 Å². The minimum atomic E-state index is -0.977. The fraction of sp³-hybridized carbons (Fsp3) is 0.895. The van der Waals surface area contributed by atoms with Crippen LogP contribution in [0.2, 0.25) is 0 Å². The number of rotatable bonds is 12. The Labute approximate surface area is 158 Å². The van der Waals surface area contributed by atoms with Gasteiger partial charge in [0.2, 0.25) is 5.91 Å². The molecule has 0 bridgehead atoms. The zero-order chi connectivity index (χ0) is 20.8. The van der Waals surface area contributed by atoms with Gasteiger partial charge in [-0.25, -0.2) is 0 Å². The molecule has 7 nitrogen and oxygen atoms in total. The Bertz CT molecular complexity index is 475. The second-order valence-corrected chi connectivity index (χ2v) is 8.63. The molecule has 0 aromatic carbocycles. The second kappa shape index (κ2) is 9.67. The number of amides is 1. The quantitative estimate of drug-likeness (QED) is 0.453. The first-order valence-electron chi connectivity index (χ1n) is 9.17. The molecule has 0 aliphatic carbocycles. The third kappa shape index (κ3) is 8.01. The van der Waals surface area contributed by atoms with Crippen LogP contribution in [0.15, 0.2) is 0 Å². The summed E-state index contributed by atoms with van der Waals surface area (Å²) in [7, 11) is 0. The van der Waals surface area contributed by atoms with Crippen molar-refractivity contribution in [3.05, 3.63) is 0 Å². The molecule has 26 heavy (non-hydrogen) atoms. The fourth-order valence-corrected chi connectivity index (χ4v) is 2.91. The normalized spacial score (nSPS) is 15.4. The molecule has 0 heterocycles. The van der Waals surface area contributed by atoms with Crippen LogP contribution in [0.4, 0.5) is 0 Å². The monoisotopic (exact) mass is 374 g/mol. The lowest BCUT2D eigenvalue weighted by Crippen LogP contribution is -2.52. The van der Waals surface area contributed by atoms with E-state index in [0.717, 1.165) is 0 Å². The van der Waals surface area contributed by atoms with Crippen LogP contribution in [0.1, 0.15) is 74.7 Å². The van der Waals surface area contributed by atoms with Gasteiger partial charge >= 0.3 is 5.97 Å². The maximum absolute atomic E-state index is 11.8. The molecule has 0 saturated carbocycles.